The third-order valence-electron chi connectivity index (χ3n) is 2.84. The lowest BCUT2D eigenvalue weighted by Crippen LogP contribution is -2.47. The topological polar surface area (TPSA) is 74.8 Å². The Morgan fingerprint density at radius 1 is 1.25 bits per heavy atom. The van der Waals surface area contributed by atoms with Crippen LogP contribution in [0.1, 0.15) is 38.1 Å². The molecule has 0 atom stereocenters. The van der Waals surface area contributed by atoms with E-state index in [0.717, 1.165) is 12.5 Å². The Balaban J connectivity index is 0.00000529. The molecule has 0 bridgehead atoms. The Morgan fingerprint density at radius 3 is 2.54 bits per heavy atom. The van der Waals surface area contributed by atoms with Crippen LogP contribution in [0.25, 0.3) is 0 Å². The number of benzene rings is 1. The van der Waals surface area contributed by atoms with Crippen LogP contribution < -0.4 is 20.7 Å². The van der Waals surface area contributed by atoms with Gasteiger partial charge in [-0.15, -0.1) is 24.0 Å². The Bertz CT molecular complexity index is 542. The minimum atomic E-state index is -0.132. The van der Waals surface area contributed by atoms with Gasteiger partial charge in [0, 0.05) is 24.2 Å². The fraction of sp³-hybridized carbons (Fsp3) is 0.529. The van der Waals surface area contributed by atoms with Gasteiger partial charge < -0.3 is 20.7 Å². The van der Waals surface area contributed by atoms with Gasteiger partial charge >= 0.3 is 0 Å². The van der Waals surface area contributed by atoms with Crippen LogP contribution in [0.5, 0.6) is 5.75 Å². The highest BCUT2D eigenvalue weighted by molar-refractivity contribution is 14.0. The number of nitrogens with one attached hydrogen (secondary N) is 3. The van der Waals surface area contributed by atoms with E-state index in [9.17, 15) is 4.79 Å². The molecule has 0 aliphatic heterocycles. The van der Waals surface area contributed by atoms with Crippen molar-refractivity contribution in [3.63, 3.8) is 0 Å². The van der Waals surface area contributed by atoms with Crippen LogP contribution in [-0.2, 0) is 0 Å². The maximum atomic E-state index is 12.1. The van der Waals surface area contributed by atoms with E-state index < -0.39 is 0 Å². The fourth-order valence-electron chi connectivity index (χ4n) is 1.87. The van der Waals surface area contributed by atoms with Crippen LogP contribution in [0.4, 0.5) is 0 Å². The number of hydrogen-bond acceptors (Lipinski definition) is 3. The highest BCUT2D eigenvalue weighted by Gasteiger charge is 2.11. The molecule has 6 nitrogen and oxygen atoms in total. The van der Waals surface area contributed by atoms with Crippen molar-refractivity contribution in [1.82, 2.24) is 16.0 Å². The van der Waals surface area contributed by atoms with E-state index >= 15 is 0 Å². The first-order valence-electron chi connectivity index (χ1n) is 7.84. The third kappa shape index (κ3) is 8.95. The minimum absolute atomic E-state index is 0. The summed E-state index contributed by atoms with van der Waals surface area (Å²) in [6.07, 6.45) is 0. The third-order valence-corrected chi connectivity index (χ3v) is 2.84. The predicted molar refractivity (Wildman–Crippen MR) is 110 cm³/mol. The standard InChI is InChI=1S/C17H28N4O2.HI/c1-6-18-16(21-17(2,3)4)20-11-10-19-15(22)13-8-7-9-14(12-13)23-5;/h7-9,12H,6,10-11H2,1-5H3,(H,19,22)(H2,18,20,21);1H. The Hall–Kier alpha value is -1.51. The number of ether oxygens (including phenoxy) is 1. The molecule has 0 aliphatic carbocycles. The number of carbonyl (C=O) groups is 1. The first kappa shape index (κ1) is 22.5. The number of guanidine groups is 1. The molecule has 0 saturated carbocycles. The lowest BCUT2D eigenvalue weighted by molar-refractivity contribution is 0.0954. The van der Waals surface area contributed by atoms with E-state index in [-0.39, 0.29) is 35.4 Å². The molecule has 0 spiro atoms. The van der Waals surface area contributed by atoms with Crippen LogP contribution in [0.2, 0.25) is 0 Å². The zero-order valence-electron chi connectivity index (χ0n) is 15.1. The molecule has 1 rings (SSSR count). The molecule has 136 valence electrons. The van der Waals surface area contributed by atoms with Crippen LogP contribution >= 0.6 is 24.0 Å². The molecule has 0 heterocycles. The van der Waals surface area contributed by atoms with Crippen LogP contribution in [0, 0.1) is 0 Å². The number of halogens is 1. The van der Waals surface area contributed by atoms with Gasteiger partial charge in [0.2, 0.25) is 0 Å². The molecular weight excluding hydrogens is 419 g/mol. The highest BCUT2D eigenvalue weighted by atomic mass is 127. The van der Waals surface area contributed by atoms with Crippen molar-refractivity contribution in [1.29, 1.82) is 0 Å². The van der Waals surface area contributed by atoms with E-state index in [1.807, 2.05) is 13.0 Å². The second kappa shape index (κ2) is 11.1. The van der Waals surface area contributed by atoms with Gasteiger partial charge in [-0.05, 0) is 45.9 Å². The zero-order chi connectivity index (χ0) is 17.3. The van der Waals surface area contributed by atoms with E-state index in [0.29, 0.717) is 24.4 Å². The Labute approximate surface area is 161 Å². The first-order valence-corrected chi connectivity index (χ1v) is 7.84. The summed E-state index contributed by atoms with van der Waals surface area (Å²) in [6.45, 7) is 10.00. The van der Waals surface area contributed by atoms with E-state index in [1.54, 1.807) is 25.3 Å². The first-order chi connectivity index (χ1) is 10.9. The molecule has 1 aromatic rings. The highest BCUT2D eigenvalue weighted by Crippen LogP contribution is 2.12. The van der Waals surface area contributed by atoms with E-state index in [4.69, 9.17) is 4.74 Å². The minimum Gasteiger partial charge on any atom is -0.497 e. The molecule has 1 amide bonds. The number of amides is 1. The number of hydrogen-bond donors (Lipinski definition) is 3. The van der Waals surface area contributed by atoms with Crippen molar-refractivity contribution in [2.24, 2.45) is 4.99 Å². The SMILES string of the molecule is CCNC(=NCCNC(=O)c1cccc(OC)c1)NC(C)(C)C.I. The molecule has 0 unspecified atom stereocenters. The number of methoxy groups -OCH3 is 1. The molecular formula is C17H29IN4O2. The molecule has 24 heavy (non-hydrogen) atoms. The van der Waals surface area contributed by atoms with Crippen molar-refractivity contribution >= 4 is 35.8 Å². The summed E-state index contributed by atoms with van der Waals surface area (Å²) in [5, 5.41) is 9.34. The maximum Gasteiger partial charge on any atom is 0.251 e. The summed E-state index contributed by atoms with van der Waals surface area (Å²) in [5.41, 5.74) is 0.512. The normalized spacial score (nSPS) is 11.3. The average molecular weight is 448 g/mol. The summed E-state index contributed by atoms with van der Waals surface area (Å²) in [6, 6.07) is 7.07. The van der Waals surface area contributed by atoms with Crippen molar-refractivity contribution in [3.05, 3.63) is 29.8 Å². The lowest BCUT2D eigenvalue weighted by atomic mass is 10.1. The molecule has 3 N–H and O–H groups in total. The van der Waals surface area contributed by atoms with Crippen LogP contribution in [0.15, 0.2) is 29.3 Å². The summed E-state index contributed by atoms with van der Waals surface area (Å²) >= 11 is 0. The number of aliphatic imine (C=N–C) groups is 1. The summed E-state index contributed by atoms with van der Waals surface area (Å²) in [4.78, 5) is 16.5. The number of nitrogens with zero attached hydrogens (tertiary/aromatic N) is 1. The smallest absolute Gasteiger partial charge is 0.251 e. The quantitative estimate of drug-likeness (QED) is 0.271. The Kier molecular flexibility index (Phi) is 10.4. The largest absolute Gasteiger partial charge is 0.497 e. The number of rotatable bonds is 6. The van der Waals surface area contributed by atoms with Gasteiger partial charge in [0.1, 0.15) is 5.75 Å². The van der Waals surface area contributed by atoms with Gasteiger partial charge in [0.15, 0.2) is 5.96 Å². The van der Waals surface area contributed by atoms with Crippen LogP contribution in [0.3, 0.4) is 0 Å². The zero-order valence-corrected chi connectivity index (χ0v) is 17.4. The second-order valence-electron chi connectivity index (χ2n) is 6.12. The van der Waals surface area contributed by atoms with Crippen molar-refractivity contribution in [3.8, 4) is 5.75 Å². The van der Waals surface area contributed by atoms with Crippen molar-refractivity contribution in [2.75, 3.05) is 26.7 Å². The van der Waals surface area contributed by atoms with Gasteiger partial charge in [0.05, 0.1) is 13.7 Å². The summed E-state index contributed by atoms with van der Waals surface area (Å²) in [7, 11) is 1.58. The summed E-state index contributed by atoms with van der Waals surface area (Å²) < 4.78 is 5.12. The Morgan fingerprint density at radius 2 is 1.96 bits per heavy atom. The monoisotopic (exact) mass is 448 g/mol. The molecule has 0 aliphatic rings. The fourth-order valence-corrected chi connectivity index (χ4v) is 1.87. The lowest BCUT2D eigenvalue weighted by Gasteiger charge is -2.23. The summed E-state index contributed by atoms with van der Waals surface area (Å²) in [5.74, 6) is 1.28. The van der Waals surface area contributed by atoms with Crippen molar-refractivity contribution < 1.29 is 9.53 Å². The molecule has 0 fully saturated rings. The van der Waals surface area contributed by atoms with Crippen molar-refractivity contribution in [2.45, 2.75) is 33.2 Å². The van der Waals surface area contributed by atoms with Gasteiger partial charge in [-0.3, -0.25) is 9.79 Å². The van der Waals surface area contributed by atoms with Gasteiger partial charge in [-0.25, -0.2) is 0 Å². The van der Waals surface area contributed by atoms with E-state index in [1.165, 1.54) is 0 Å². The molecule has 0 radical (unpaired) electrons. The molecule has 0 aromatic heterocycles. The van der Waals surface area contributed by atoms with E-state index in [2.05, 4.69) is 41.7 Å². The number of carbonyl (C=O) groups excluding carboxylic acids is 1. The average Bonchev–Trinajstić information content (AvgIpc) is 2.50. The second-order valence-corrected chi connectivity index (χ2v) is 6.12. The molecule has 1 aromatic carbocycles. The molecule has 7 heteroatoms. The van der Waals surface area contributed by atoms with Gasteiger partial charge in [-0.2, -0.15) is 0 Å². The predicted octanol–water partition coefficient (Wildman–Crippen LogP) is 2.40. The van der Waals surface area contributed by atoms with Crippen LogP contribution in [-0.4, -0.2) is 44.1 Å². The molecule has 0 saturated heterocycles. The van der Waals surface area contributed by atoms with Gasteiger partial charge in [0.25, 0.3) is 5.91 Å². The maximum absolute atomic E-state index is 12.1. The van der Waals surface area contributed by atoms with Gasteiger partial charge in [-0.1, -0.05) is 6.07 Å².